The molecule has 5 nitrogen and oxygen atoms in total. The summed E-state index contributed by atoms with van der Waals surface area (Å²) in [5, 5.41) is 7.40. The third-order valence-corrected chi connectivity index (χ3v) is 4.21. The molecule has 0 radical (unpaired) electrons. The van der Waals surface area contributed by atoms with Gasteiger partial charge in [-0.1, -0.05) is 36.4 Å². The van der Waals surface area contributed by atoms with Gasteiger partial charge in [-0.2, -0.15) is 5.10 Å². The van der Waals surface area contributed by atoms with Crippen molar-refractivity contribution < 1.29 is 9.53 Å². The molecule has 1 aliphatic rings. The smallest absolute Gasteiger partial charge is 0.236 e. The molecule has 5 heteroatoms. The van der Waals surface area contributed by atoms with Crippen LogP contribution in [-0.2, 0) is 4.79 Å². The molecular weight excluding hydrogens is 302 g/mol. The van der Waals surface area contributed by atoms with Crippen molar-refractivity contribution in [1.29, 1.82) is 0 Å². The van der Waals surface area contributed by atoms with Crippen molar-refractivity contribution in [3.8, 4) is 11.4 Å². The molecule has 0 saturated heterocycles. The van der Waals surface area contributed by atoms with Gasteiger partial charge in [0.2, 0.25) is 5.91 Å². The number of nitrogens with one attached hydrogen (secondary N) is 1. The van der Waals surface area contributed by atoms with Gasteiger partial charge in [-0.3, -0.25) is 4.79 Å². The molecule has 0 bridgehead atoms. The van der Waals surface area contributed by atoms with Gasteiger partial charge in [0.15, 0.2) is 0 Å². The fourth-order valence-corrected chi connectivity index (χ4v) is 2.93. The Balaban J connectivity index is 1.63. The quantitative estimate of drug-likeness (QED) is 0.806. The molecule has 1 amide bonds. The minimum atomic E-state index is -0.306. The van der Waals surface area contributed by atoms with Gasteiger partial charge in [-0.25, -0.2) is 4.68 Å². The molecule has 2 aromatic carbocycles. The van der Waals surface area contributed by atoms with E-state index in [1.54, 1.807) is 10.9 Å². The Hall–Kier alpha value is -3.08. The molecule has 0 fully saturated rings. The van der Waals surface area contributed by atoms with E-state index in [4.69, 9.17) is 4.74 Å². The lowest BCUT2D eigenvalue weighted by atomic mass is 10.0. The number of aromatic nitrogens is 2. The summed E-state index contributed by atoms with van der Waals surface area (Å²) >= 11 is 0. The van der Waals surface area contributed by atoms with Crippen LogP contribution in [0.25, 0.3) is 5.69 Å². The number of amides is 1. The molecule has 3 aromatic rings. The van der Waals surface area contributed by atoms with Crippen molar-refractivity contribution in [3.63, 3.8) is 0 Å². The van der Waals surface area contributed by atoms with Crippen molar-refractivity contribution >= 4 is 11.7 Å². The minimum absolute atomic E-state index is 0.0827. The Morgan fingerprint density at radius 2 is 1.92 bits per heavy atom. The lowest BCUT2D eigenvalue weighted by molar-refractivity contribution is -0.117. The van der Waals surface area contributed by atoms with Gasteiger partial charge in [-0.15, -0.1) is 0 Å². The standard InChI is InChI=1S/C19H17N3O2/c1-13-11-20-22(14-7-3-2-4-8-14)18(13)21-19(23)16-12-24-17-10-6-5-9-15(16)17/h2-11,16H,12H2,1H3,(H,21,23). The number of carbonyl (C=O) groups excluding carboxylic acids is 1. The largest absolute Gasteiger partial charge is 0.492 e. The maximum atomic E-state index is 12.8. The summed E-state index contributed by atoms with van der Waals surface area (Å²) in [6.07, 6.45) is 1.75. The van der Waals surface area contributed by atoms with E-state index in [9.17, 15) is 4.79 Å². The van der Waals surface area contributed by atoms with Crippen molar-refractivity contribution in [2.24, 2.45) is 0 Å². The first kappa shape index (κ1) is 14.5. The molecule has 1 N–H and O–H groups in total. The Morgan fingerprint density at radius 1 is 1.17 bits per heavy atom. The Kier molecular flexibility index (Phi) is 3.54. The monoisotopic (exact) mass is 319 g/mol. The second kappa shape index (κ2) is 5.85. The lowest BCUT2D eigenvalue weighted by Crippen LogP contribution is -2.24. The summed E-state index contributed by atoms with van der Waals surface area (Å²) in [4.78, 5) is 12.8. The first-order valence-electron chi connectivity index (χ1n) is 7.86. The zero-order valence-electron chi connectivity index (χ0n) is 13.3. The highest BCUT2D eigenvalue weighted by atomic mass is 16.5. The van der Waals surface area contributed by atoms with Gasteiger partial charge in [0.05, 0.1) is 11.9 Å². The first-order chi connectivity index (χ1) is 11.7. The maximum absolute atomic E-state index is 12.8. The van der Waals surface area contributed by atoms with Gasteiger partial charge < -0.3 is 10.1 Å². The van der Waals surface area contributed by atoms with Gasteiger partial charge >= 0.3 is 0 Å². The topological polar surface area (TPSA) is 56.2 Å². The molecule has 2 heterocycles. The molecule has 24 heavy (non-hydrogen) atoms. The van der Waals surface area contributed by atoms with E-state index in [-0.39, 0.29) is 11.8 Å². The summed E-state index contributed by atoms with van der Waals surface area (Å²) in [6.45, 7) is 2.30. The van der Waals surface area contributed by atoms with Crippen LogP contribution in [0.4, 0.5) is 5.82 Å². The predicted octanol–water partition coefficient (Wildman–Crippen LogP) is 3.30. The zero-order valence-corrected chi connectivity index (χ0v) is 13.3. The van der Waals surface area contributed by atoms with Crippen LogP contribution in [-0.4, -0.2) is 22.3 Å². The molecule has 1 aromatic heterocycles. The maximum Gasteiger partial charge on any atom is 0.236 e. The summed E-state index contributed by atoms with van der Waals surface area (Å²) in [5.41, 5.74) is 2.75. The van der Waals surface area contributed by atoms with Crippen LogP contribution in [0.5, 0.6) is 5.75 Å². The van der Waals surface area contributed by atoms with E-state index < -0.39 is 0 Å². The van der Waals surface area contributed by atoms with Crippen LogP contribution in [0.3, 0.4) is 0 Å². The summed E-state index contributed by atoms with van der Waals surface area (Å²) in [6, 6.07) is 17.4. The third-order valence-electron chi connectivity index (χ3n) is 4.21. The molecule has 0 aliphatic carbocycles. The van der Waals surface area contributed by atoms with E-state index in [0.29, 0.717) is 12.4 Å². The number of fused-ring (bicyclic) bond motifs is 1. The van der Waals surface area contributed by atoms with E-state index in [2.05, 4.69) is 10.4 Å². The highest BCUT2D eigenvalue weighted by molar-refractivity contribution is 5.97. The van der Waals surface area contributed by atoms with E-state index >= 15 is 0 Å². The average molecular weight is 319 g/mol. The van der Waals surface area contributed by atoms with E-state index in [0.717, 1.165) is 22.6 Å². The first-order valence-corrected chi connectivity index (χ1v) is 7.86. The molecule has 0 spiro atoms. The Bertz CT molecular complexity index is 887. The molecule has 1 atom stereocenters. The van der Waals surface area contributed by atoms with Crippen molar-refractivity contribution in [2.75, 3.05) is 11.9 Å². The van der Waals surface area contributed by atoms with Gasteiger partial charge in [0.1, 0.15) is 24.1 Å². The summed E-state index contributed by atoms with van der Waals surface area (Å²) < 4.78 is 7.36. The normalized spacial score (nSPS) is 15.6. The number of rotatable bonds is 3. The van der Waals surface area contributed by atoms with Gasteiger partial charge in [0.25, 0.3) is 0 Å². The molecule has 1 unspecified atom stereocenters. The lowest BCUT2D eigenvalue weighted by Gasteiger charge is -2.13. The van der Waals surface area contributed by atoms with E-state index in [1.165, 1.54) is 0 Å². The van der Waals surface area contributed by atoms with Crippen LogP contribution in [0.2, 0.25) is 0 Å². The number of hydrogen-bond donors (Lipinski definition) is 1. The SMILES string of the molecule is Cc1cnn(-c2ccccc2)c1NC(=O)C1COc2ccccc21. The Labute approximate surface area is 139 Å². The van der Waals surface area contributed by atoms with Gasteiger partial charge in [-0.05, 0) is 25.1 Å². The van der Waals surface area contributed by atoms with Crippen LogP contribution < -0.4 is 10.1 Å². The van der Waals surface area contributed by atoms with Crippen LogP contribution >= 0.6 is 0 Å². The number of benzene rings is 2. The number of aryl methyl sites for hydroxylation is 1. The average Bonchev–Trinajstić information content (AvgIpc) is 3.20. The number of hydrogen-bond acceptors (Lipinski definition) is 3. The van der Waals surface area contributed by atoms with E-state index in [1.807, 2.05) is 61.5 Å². The van der Waals surface area contributed by atoms with Crippen molar-refractivity contribution in [3.05, 3.63) is 71.9 Å². The highest BCUT2D eigenvalue weighted by Crippen LogP contribution is 2.34. The number of ether oxygens (including phenoxy) is 1. The van der Waals surface area contributed by atoms with Crippen molar-refractivity contribution in [2.45, 2.75) is 12.8 Å². The summed E-state index contributed by atoms with van der Waals surface area (Å²) in [5.74, 6) is 1.09. The predicted molar refractivity (Wildman–Crippen MR) is 91.6 cm³/mol. The second-order valence-corrected chi connectivity index (χ2v) is 5.81. The second-order valence-electron chi connectivity index (χ2n) is 5.81. The van der Waals surface area contributed by atoms with Crippen LogP contribution in [0.1, 0.15) is 17.0 Å². The van der Waals surface area contributed by atoms with Crippen molar-refractivity contribution in [1.82, 2.24) is 9.78 Å². The van der Waals surface area contributed by atoms with Crippen LogP contribution in [0, 0.1) is 6.92 Å². The fraction of sp³-hybridized carbons (Fsp3) is 0.158. The van der Waals surface area contributed by atoms with Crippen LogP contribution in [0.15, 0.2) is 60.8 Å². The molecule has 4 rings (SSSR count). The van der Waals surface area contributed by atoms with Gasteiger partial charge in [0, 0.05) is 11.1 Å². The number of para-hydroxylation sites is 2. The number of anilines is 1. The zero-order chi connectivity index (χ0) is 16.5. The molecular formula is C19H17N3O2. The third kappa shape index (κ3) is 2.44. The minimum Gasteiger partial charge on any atom is -0.492 e. The molecule has 0 saturated carbocycles. The highest BCUT2D eigenvalue weighted by Gasteiger charge is 2.30. The molecule has 1 aliphatic heterocycles. The summed E-state index contributed by atoms with van der Waals surface area (Å²) in [7, 11) is 0. The fourth-order valence-electron chi connectivity index (χ4n) is 2.93. The Morgan fingerprint density at radius 3 is 2.75 bits per heavy atom. The molecule has 120 valence electrons. The number of carbonyl (C=O) groups is 1. The number of nitrogens with zero attached hydrogens (tertiary/aromatic N) is 2.